The van der Waals surface area contributed by atoms with Gasteiger partial charge < -0.3 is 10.0 Å². The van der Waals surface area contributed by atoms with Crippen LogP contribution in [0.3, 0.4) is 0 Å². The molecule has 0 saturated carbocycles. The van der Waals surface area contributed by atoms with Crippen molar-refractivity contribution in [2.24, 2.45) is 0 Å². The summed E-state index contributed by atoms with van der Waals surface area (Å²) in [6.45, 7) is 1.10. The van der Waals surface area contributed by atoms with E-state index in [1.54, 1.807) is 23.1 Å². The number of benzene rings is 1. The first-order valence-corrected chi connectivity index (χ1v) is 9.08. The molecule has 3 rings (SSSR count). The Balaban J connectivity index is 1.72. The molecule has 1 aromatic carbocycles. The normalized spacial score (nSPS) is 20.3. The van der Waals surface area contributed by atoms with E-state index in [4.69, 9.17) is 5.11 Å². The van der Waals surface area contributed by atoms with Crippen molar-refractivity contribution in [3.8, 4) is 0 Å². The summed E-state index contributed by atoms with van der Waals surface area (Å²) in [5.74, 6) is -1.13. The van der Waals surface area contributed by atoms with Crippen LogP contribution >= 0.6 is 0 Å². The third-order valence-electron chi connectivity index (χ3n) is 4.33. The van der Waals surface area contributed by atoms with Crippen molar-refractivity contribution < 1.29 is 23.1 Å². The molecule has 0 aromatic heterocycles. The number of aromatic carboxylic acids is 1. The Morgan fingerprint density at radius 1 is 1.17 bits per heavy atom. The van der Waals surface area contributed by atoms with Crippen LogP contribution in [-0.4, -0.2) is 60.0 Å². The van der Waals surface area contributed by atoms with Crippen molar-refractivity contribution in [1.82, 2.24) is 9.21 Å². The van der Waals surface area contributed by atoms with Gasteiger partial charge in [-0.25, -0.2) is 13.2 Å². The molecule has 0 spiro atoms. The minimum atomic E-state index is -3.29. The molecule has 2 heterocycles. The first kappa shape index (κ1) is 15.9. The van der Waals surface area contributed by atoms with Gasteiger partial charge in [-0.15, -0.1) is 0 Å². The molecule has 0 aliphatic carbocycles. The summed E-state index contributed by atoms with van der Waals surface area (Å²) in [7, 11) is -3.29. The maximum atomic E-state index is 12.4. The van der Waals surface area contributed by atoms with Gasteiger partial charge in [0.05, 0.1) is 17.9 Å². The average Bonchev–Trinajstić information content (AvgIpc) is 2.84. The number of amides is 1. The molecule has 1 amide bonds. The van der Waals surface area contributed by atoms with Gasteiger partial charge in [-0.3, -0.25) is 4.79 Å². The zero-order valence-electron chi connectivity index (χ0n) is 12.6. The molecule has 1 saturated heterocycles. The molecule has 1 N–H and O–H groups in total. The maximum Gasteiger partial charge on any atom is 0.335 e. The van der Waals surface area contributed by atoms with E-state index in [0.29, 0.717) is 32.5 Å². The number of nitrogens with zero attached hydrogens (tertiary/aromatic N) is 2. The first-order chi connectivity index (χ1) is 10.9. The fraction of sp³-hybridized carbons (Fsp3) is 0.467. The second-order valence-electron chi connectivity index (χ2n) is 5.86. The molecule has 7 nitrogen and oxygen atoms in total. The van der Waals surface area contributed by atoms with Crippen molar-refractivity contribution in [3.05, 3.63) is 34.9 Å². The van der Waals surface area contributed by atoms with Crippen LogP contribution in [0.25, 0.3) is 0 Å². The van der Waals surface area contributed by atoms with Gasteiger partial charge in [0, 0.05) is 19.6 Å². The summed E-state index contributed by atoms with van der Waals surface area (Å²) in [6, 6.07) is 4.94. The van der Waals surface area contributed by atoms with Crippen molar-refractivity contribution in [2.45, 2.75) is 19.4 Å². The quantitative estimate of drug-likeness (QED) is 0.855. The summed E-state index contributed by atoms with van der Waals surface area (Å²) >= 11 is 0. The second kappa shape index (κ2) is 5.93. The number of sulfonamides is 1. The van der Waals surface area contributed by atoms with Crippen LogP contribution in [0.2, 0.25) is 0 Å². The summed E-state index contributed by atoms with van der Waals surface area (Å²) in [4.78, 5) is 25.0. The highest BCUT2D eigenvalue weighted by molar-refractivity contribution is 7.89. The van der Waals surface area contributed by atoms with Crippen molar-refractivity contribution in [3.63, 3.8) is 0 Å². The van der Waals surface area contributed by atoms with Crippen molar-refractivity contribution >= 4 is 21.9 Å². The minimum absolute atomic E-state index is 0.102. The third kappa shape index (κ3) is 3.23. The fourth-order valence-corrected chi connectivity index (χ4v) is 4.49. The highest BCUT2D eigenvalue weighted by Crippen LogP contribution is 2.21. The van der Waals surface area contributed by atoms with E-state index in [1.807, 2.05) is 0 Å². The van der Waals surface area contributed by atoms with Gasteiger partial charge in [-0.1, -0.05) is 6.07 Å². The molecule has 0 bridgehead atoms. The second-order valence-corrected chi connectivity index (χ2v) is 7.95. The lowest BCUT2D eigenvalue weighted by Crippen LogP contribution is -2.43. The Morgan fingerprint density at radius 3 is 2.61 bits per heavy atom. The topological polar surface area (TPSA) is 95.0 Å². The van der Waals surface area contributed by atoms with Crippen LogP contribution in [0.1, 0.15) is 27.9 Å². The molecule has 0 unspecified atom stereocenters. The van der Waals surface area contributed by atoms with Gasteiger partial charge in [0.1, 0.15) is 0 Å². The monoisotopic (exact) mass is 338 g/mol. The van der Waals surface area contributed by atoms with Crippen molar-refractivity contribution in [2.75, 3.05) is 25.4 Å². The Bertz CT molecular complexity index is 759. The number of carboxylic acids is 1. The average molecular weight is 338 g/mol. The lowest BCUT2D eigenvalue weighted by atomic mass is 9.97. The number of carboxylic acid groups (broad SMARTS) is 1. The van der Waals surface area contributed by atoms with Crippen LogP contribution in [0.15, 0.2) is 18.2 Å². The number of rotatable bonds is 3. The molecule has 1 aromatic rings. The number of carbonyl (C=O) groups excluding carboxylic acids is 1. The van der Waals surface area contributed by atoms with Crippen LogP contribution in [0.4, 0.5) is 0 Å². The van der Waals surface area contributed by atoms with E-state index in [9.17, 15) is 18.0 Å². The zero-order chi connectivity index (χ0) is 16.6. The number of carbonyl (C=O) groups is 2. The highest BCUT2D eigenvalue weighted by Gasteiger charge is 2.32. The van der Waals surface area contributed by atoms with E-state index >= 15 is 0 Å². The minimum Gasteiger partial charge on any atom is -0.478 e. The lowest BCUT2D eigenvalue weighted by molar-refractivity contribution is -0.132. The van der Waals surface area contributed by atoms with Crippen LogP contribution in [-0.2, 0) is 27.8 Å². The number of hydrogen-bond acceptors (Lipinski definition) is 4. The smallest absolute Gasteiger partial charge is 0.335 e. The Hall–Kier alpha value is -1.93. The Kier molecular flexibility index (Phi) is 4.11. The maximum absolute atomic E-state index is 12.4. The largest absolute Gasteiger partial charge is 0.478 e. The Morgan fingerprint density at radius 2 is 1.96 bits per heavy atom. The molecule has 8 heteroatoms. The molecule has 124 valence electrons. The summed E-state index contributed by atoms with van der Waals surface area (Å²) in [6.07, 6.45) is 1.20. The molecule has 2 aliphatic rings. The van der Waals surface area contributed by atoms with Gasteiger partial charge >= 0.3 is 5.97 Å². The van der Waals surface area contributed by atoms with Gasteiger partial charge in [-0.2, -0.15) is 4.31 Å². The highest BCUT2D eigenvalue weighted by atomic mass is 32.2. The Labute approximate surface area is 134 Å². The lowest BCUT2D eigenvalue weighted by Gasteiger charge is -2.30. The van der Waals surface area contributed by atoms with Crippen LogP contribution < -0.4 is 0 Å². The van der Waals surface area contributed by atoms with Gasteiger partial charge in [0.25, 0.3) is 0 Å². The van der Waals surface area contributed by atoms with Crippen molar-refractivity contribution in [1.29, 1.82) is 0 Å². The third-order valence-corrected chi connectivity index (χ3v) is 6.24. The number of fused-ring (bicyclic) bond motifs is 1. The van der Waals surface area contributed by atoms with Gasteiger partial charge in [-0.05, 0) is 36.1 Å². The van der Waals surface area contributed by atoms with Gasteiger partial charge in [0.15, 0.2) is 0 Å². The molecule has 1 fully saturated rings. The number of hydrogen-bond donors (Lipinski definition) is 1. The summed E-state index contributed by atoms with van der Waals surface area (Å²) in [5, 5.41) is 9.05. The summed E-state index contributed by atoms with van der Waals surface area (Å²) in [5.41, 5.74) is 2.04. The molecular formula is C15H18N2O5S. The van der Waals surface area contributed by atoms with E-state index in [1.165, 1.54) is 4.31 Å². The van der Waals surface area contributed by atoms with Crippen LogP contribution in [0.5, 0.6) is 0 Å². The molecule has 0 atom stereocenters. The first-order valence-electron chi connectivity index (χ1n) is 7.47. The molecule has 0 radical (unpaired) electrons. The fourth-order valence-electron chi connectivity index (χ4n) is 3.02. The van der Waals surface area contributed by atoms with Gasteiger partial charge in [0.2, 0.25) is 15.9 Å². The SMILES string of the molecule is O=C(O)c1ccc2c(c1)CN(C(=O)CN1CCCS1(=O)=O)CC2. The predicted octanol–water partition coefficient (Wildman–Crippen LogP) is 0.305. The molecular weight excluding hydrogens is 320 g/mol. The standard InChI is InChI=1S/C15H18N2O5S/c18-14(10-17-5-1-7-23(17,21)22)16-6-4-11-2-3-12(15(19)20)8-13(11)9-16/h2-3,8H,1,4-7,9-10H2,(H,19,20). The molecule has 23 heavy (non-hydrogen) atoms. The van der Waals surface area contributed by atoms with E-state index < -0.39 is 16.0 Å². The predicted molar refractivity (Wildman–Crippen MR) is 82.5 cm³/mol. The van der Waals surface area contributed by atoms with E-state index in [2.05, 4.69) is 0 Å². The van der Waals surface area contributed by atoms with E-state index in [0.717, 1.165) is 11.1 Å². The zero-order valence-corrected chi connectivity index (χ0v) is 13.4. The van der Waals surface area contributed by atoms with Crippen LogP contribution in [0, 0.1) is 0 Å². The molecule has 2 aliphatic heterocycles. The summed E-state index contributed by atoms with van der Waals surface area (Å²) < 4.78 is 24.8. The van der Waals surface area contributed by atoms with E-state index in [-0.39, 0.29) is 23.8 Å².